The molecule has 0 aliphatic heterocycles. The van der Waals surface area contributed by atoms with Crippen molar-refractivity contribution in [3.8, 4) is 0 Å². The summed E-state index contributed by atoms with van der Waals surface area (Å²) in [7, 11) is 0. The van der Waals surface area contributed by atoms with Gasteiger partial charge in [0.15, 0.2) is 0 Å². The Labute approximate surface area is 97.2 Å². The van der Waals surface area contributed by atoms with Gasteiger partial charge in [0.2, 0.25) is 0 Å². The number of nitrogens with two attached hydrogens (primary N) is 1. The fourth-order valence-electron chi connectivity index (χ4n) is 2.83. The SMILES string of the molecule is CCN(Cc1cnc[nH]1)C1CCCC1CN. The van der Waals surface area contributed by atoms with Crippen LogP contribution in [0.4, 0.5) is 0 Å². The second-order valence-electron chi connectivity index (χ2n) is 4.63. The molecule has 1 aromatic rings. The predicted molar refractivity (Wildman–Crippen MR) is 64.9 cm³/mol. The van der Waals surface area contributed by atoms with E-state index < -0.39 is 0 Å². The Hall–Kier alpha value is -0.870. The molecule has 0 saturated heterocycles. The average molecular weight is 222 g/mol. The minimum atomic E-state index is 0.665. The number of aromatic amines is 1. The zero-order chi connectivity index (χ0) is 11.4. The van der Waals surface area contributed by atoms with Gasteiger partial charge in [0.25, 0.3) is 0 Å². The van der Waals surface area contributed by atoms with E-state index in [0.29, 0.717) is 12.0 Å². The Balaban J connectivity index is 1.98. The maximum Gasteiger partial charge on any atom is 0.0922 e. The van der Waals surface area contributed by atoms with Crippen molar-refractivity contribution in [3.63, 3.8) is 0 Å². The van der Waals surface area contributed by atoms with E-state index in [1.807, 2.05) is 6.20 Å². The van der Waals surface area contributed by atoms with Crippen molar-refractivity contribution in [2.24, 2.45) is 11.7 Å². The fraction of sp³-hybridized carbons (Fsp3) is 0.750. The molecule has 0 amide bonds. The van der Waals surface area contributed by atoms with Gasteiger partial charge in [0.1, 0.15) is 0 Å². The molecular weight excluding hydrogens is 200 g/mol. The summed E-state index contributed by atoms with van der Waals surface area (Å²) in [5, 5.41) is 0. The lowest BCUT2D eigenvalue weighted by Gasteiger charge is -2.31. The molecule has 1 fully saturated rings. The van der Waals surface area contributed by atoms with Gasteiger partial charge in [-0.3, -0.25) is 4.90 Å². The maximum absolute atomic E-state index is 5.84. The largest absolute Gasteiger partial charge is 0.347 e. The molecule has 2 rings (SSSR count). The van der Waals surface area contributed by atoms with E-state index in [9.17, 15) is 0 Å². The Bertz CT molecular complexity index is 296. The van der Waals surface area contributed by atoms with Crippen LogP contribution in [0.5, 0.6) is 0 Å². The number of imidazole rings is 1. The van der Waals surface area contributed by atoms with E-state index in [2.05, 4.69) is 21.8 Å². The van der Waals surface area contributed by atoms with E-state index in [1.54, 1.807) is 6.33 Å². The quantitative estimate of drug-likeness (QED) is 0.791. The highest BCUT2D eigenvalue weighted by Crippen LogP contribution is 2.29. The number of nitrogens with one attached hydrogen (secondary N) is 1. The summed E-state index contributed by atoms with van der Waals surface area (Å²) in [4.78, 5) is 9.77. The number of hydrogen-bond donors (Lipinski definition) is 2. The minimum Gasteiger partial charge on any atom is -0.347 e. The van der Waals surface area contributed by atoms with Crippen molar-refractivity contribution >= 4 is 0 Å². The Morgan fingerprint density at radius 2 is 2.44 bits per heavy atom. The highest BCUT2D eigenvalue weighted by Gasteiger charge is 2.30. The number of aromatic nitrogens is 2. The highest BCUT2D eigenvalue weighted by molar-refractivity contribution is 4.96. The van der Waals surface area contributed by atoms with E-state index in [-0.39, 0.29) is 0 Å². The molecule has 0 aromatic carbocycles. The van der Waals surface area contributed by atoms with Crippen molar-refractivity contribution < 1.29 is 0 Å². The van der Waals surface area contributed by atoms with Crippen molar-refractivity contribution in [1.82, 2.24) is 14.9 Å². The van der Waals surface area contributed by atoms with Crippen molar-refractivity contribution in [3.05, 3.63) is 18.2 Å². The van der Waals surface area contributed by atoms with Gasteiger partial charge in [-0.1, -0.05) is 13.3 Å². The number of H-pyrrole nitrogens is 1. The van der Waals surface area contributed by atoms with Gasteiger partial charge in [-0.05, 0) is 31.8 Å². The zero-order valence-electron chi connectivity index (χ0n) is 10.0. The third-order valence-corrected chi connectivity index (χ3v) is 3.73. The molecule has 0 bridgehead atoms. The van der Waals surface area contributed by atoms with E-state index in [4.69, 9.17) is 5.73 Å². The standard InChI is InChI=1S/C12H22N4/c1-2-16(8-11-7-14-9-15-11)12-5-3-4-10(12)6-13/h7,9-10,12H,2-6,8,13H2,1H3,(H,14,15). The second-order valence-corrected chi connectivity index (χ2v) is 4.63. The molecule has 4 heteroatoms. The first-order chi connectivity index (χ1) is 7.85. The van der Waals surface area contributed by atoms with E-state index >= 15 is 0 Å². The third kappa shape index (κ3) is 2.44. The van der Waals surface area contributed by atoms with Crippen LogP contribution in [-0.2, 0) is 6.54 Å². The summed E-state index contributed by atoms with van der Waals surface area (Å²) in [6.07, 6.45) is 7.57. The molecule has 4 nitrogen and oxygen atoms in total. The first-order valence-electron chi connectivity index (χ1n) is 6.26. The van der Waals surface area contributed by atoms with Gasteiger partial charge < -0.3 is 10.7 Å². The molecule has 2 atom stereocenters. The predicted octanol–water partition coefficient (Wildman–Crippen LogP) is 1.36. The van der Waals surface area contributed by atoms with Gasteiger partial charge in [-0.15, -0.1) is 0 Å². The van der Waals surface area contributed by atoms with Crippen LogP contribution in [0.3, 0.4) is 0 Å². The molecule has 16 heavy (non-hydrogen) atoms. The van der Waals surface area contributed by atoms with Crippen molar-refractivity contribution in [2.75, 3.05) is 13.1 Å². The van der Waals surface area contributed by atoms with Crippen LogP contribution in [0, 0.1) is 5.92 Å². The molecule has 1 aliphatic carbocycles. The summed E-state index contributed by atoms with van der Waals surface area (Å²) < 4.78 is 0. The second kappa shape index (κ2) is 5.46. The van der Waals surface area contributed by atoms with Crippen LogP contribution in [0.15, 0.2) is 12.5 Å². The summed E-state index contributed by atoms with van der Waals surface area (Å²) >= 11 is 0. The van der Waals surface area contributed by atoms with Gasteiger partial charge in [-0.2, -0.15) is 0 Å². The van der Waals surface area contributed by atoms with Crippen molar-refractivity contribution in [1.29, 1.82) is 0 Å². The average Bonchev–Trinajstić information content (AvgIpc) is 2.96. The summed E-state index contributed by atoms with van der Waals surface area (Å²) in [5.74, 6) is 0.683. The lowest BCUT2D eigenvalue weighted by Crippen LogP contribution is -2.39. The molecule has 2 unspecified atom stereocenters. The molecule has 1 aliphatic rings. The Kier molecular flexibility index (Phi) is 3.96. The smallest absolute Gasteiger partial charge is 0.0922 e. The maximum atomic E-state index is 5.84. The van der Waals surface area contributed by atoms with Crippen LogP contribution in [0.2, 0.25) is 0 Å². The van der Waals surface area contributed by atoms with Crippen LogP contribution in [-0.4, -0.2) is 34.0 Å². The Morgan fingerprint density at radius 1 is 1.56 bits per heavy atom. The summed E-state index contributed by atoms with van der Waals surface area (Å²) in [6.45, 7) is 5.10. The number of hydrogen-bond acceptors (Lipinski definition) is 3. The van der Waals surface area contributed by atoms with E-state index in [1.165, 1.54) is 25.0 Å². The molecule has 1 aromatic heterocycles. The minimum absolute atomic E-state index is 0.665. The molecule has 0 spiro atoms. The van der Waals surface area contributed by atoms with Gasteiger partial charge in [-0.25, -0.2) is 4.98 Å². The normalized spacial score (nSPS) is 25.4. The zero-order valence-corrected chi connectivity index (χ0v) is 10.0. The fourth-order valence-corrected chi connectivity index (χ4v) is 2.83. The first-order valence-corrected chi connectivity index (χ1v) is 6.26. The summed E-state index contributed by atoms with van der Waals surface area (Å²) in [5.41, 5.74) is 7.04. The van der Waals surface area contributed by atoms with Gasteiger partial charge in [0, 0.05) is 24.5 Å². The molecular formula is C12H22N4. The van der Waals surface area contributed by atoms with Gasteiger partial charge >= 0.3 is 0 Å². The van der Waals surface area contributed by atoms with Gasteiger partial charge in [0.05, 0.1) is 6.33 Å². The topological polar surface area (TPSA) is 57.9 Å². The van der Waals surface area contributed by atoms with Crippen LogP contribution >= 0.6 is 0 Å². The number of rotatable bonds is 5. The molecule has 3 N–H and O–H groups in total. The molecule has 90 valence electrons. The third-order valence-electron chi connectivity index (χ3n) is 3.73. The molecule has 1 heterocycles. The summed E-state index contributed by atoms with van der Waals surface area (Å²) in [6, 6.07) is 0.665. The van der Waals surface area contributed by atoms with E-state index in [0.717, 1.165) is 19.6 Å². The first kappa shape index (κ1) is 11.6. The number of nitrogens with zero attached hydrogens (tertiary/aromatic N) is 2. The lowest BCUT2D eigenvalue weighted by molar-refractivity contribution is 0.160. The van der Waals surface area contributed by atoms with Crippen LogP contribution < -0.4 is 5.73 Å². The molecule has 1 saturated carbocycles. The van der Waals surface area contributed by atoms with Crippen LogP contribution in [0.25, 0.3) is 0 Å². The Morgan fingerprint density at radius 3 is 3.06 bits per heavy atom. The molecule has 0 radical (unpaired) electrons. The van der Waals surface area contributed by atoms with Crippen molar-refractivity contribution in [2.45, 2.75) is 38.8 Å². The lowest BCUT2D eigenvalue weighted by atomic mass is 10.0. The monoisotopic (exact) mass is 222 g/mol. The highest BCUT2D eigenvalue weighted by atomic mass is 15.2. The van der Waals surface area contributed by atoms with Crippen LogP contribution in [0.1, 0.15) is 31.9 Å².